The number of benzene rings is 2. The van der Waals surface area contributed by atoms with Gasteiger partial charge in [-0.25, -0.2) is 4.98 Å². The quantitative estimate of drug-likeness (QED) is 0.295. The Balaban J connectivity index is 0.000000222. The van der Waals surface area contributed by atoms with Crippen molar-refractivity contribution in [2.75, 3.05) is 40.0 Å². The Hall–Kier alpha value is -4.25. The van der Waals surface area contributed by atoms with E-state index in [4.69, 9.17) is 10.5 Å². The number of hydrogen-bond acceptors (Lipinski definition) is 7. The third kappa shape index (κ3) is 8.14. The summed E-state index contributed by atoms with van der Waals surface area (Å²) in [5.74, 6) is 7.53. The number of fused-ring (bicyclic) bond motifs is 1. The molecule has 4 aromatic rings. The minimum absolute atomic E-state index is 0.389. The van der Waals surface area contributed by atoms with Crippen LogP contribution in [0.2, 0.25) is 0 Å². The topological polar surface area (TPSA) is 93.4 Å². The van der Waals surface area contributed by atoms with Crippen LogP contribution in [0.3, 0.4) is 0 Å². The lowest BCUT2D eigenvalue weighted by molar-refractivity contribution is 0.112. The molecule has 37 heavy (non-hydrogen) atoms. The Morgan fingerprint density at radius 1 is 1.05 bits per heavy atom. The molecule has 4 rings (SSSR count). The molecule has 190 valence electrons. The van der Waals surface area contributed by atoms with Crippen molar-refractivity contribution in [1.29, 1.82) is 0 Å². The number of aryl methyl sites for hydroxylation is 1. The second-order valence-corrected chi connectivity index (χ2v) is 8.72. The summed E-state index contributed by atoms with van der Waals surface area (Å²) >= 11 is 0. The fourth-order valence-electron chi connectivity index (χ4n) is 3.43. The lowest BCUT2D eigenvalue weighted by Gasteiger charge is -2.11. The summed E-state index contributed by atoms with van der Waals surface area (Å²) in [6.07, 6.45) is 4.13. The summed E-state index contributed by atoms with van der Waals surface area (Å²) in [5, 5.41) is 3.98. The van der Waals surface area contributed by atoms with Gasteiger partial charge in [0, 0.05) is 42.0 Å². The summed E-state index contributed by atoms with van der Waals surface area (Å²) in [7, 11) is 6.03. The zero-order valence-corrected chi connectivity index (χ0v) is 21.8. The van der Waals surface area contributed by atoms with E-state index in [2.05, 4.69) is 44.2 Å². The highest BCUT2D eigenvalue weighted by Gasteiger charge is 2.04. The molecule has 0 saturated heterocycles. The molecule has 0 amide bonds. The largest absolute Gasteiger partial charge is 0.492 e. The Kier molecular flexibility index (Phi) is 10.1. The third-order valence-corrected chi connectivity index (χ3v) is 5.51. The van der Waals surface area contributed by atoms with Gasteiger partial charge in [0.05, 0.1) is 5.56 Å². The van der Waals surface area contributed by atoms with Crippen molar-refractivity contribution in [3.05, 3.63) is 94.8 Å². The first-order valence-corrected chi connectivity index (χ1v) is 12.0. The van der Waals surface area contributed by atoms with E-state index in [1.54, 1.807) is 24.5 Å². The Morgan fingerprint density at radius 3 is 2.51 bits per heavy atom. The standard InChI is InChI=1S/C18H13N3O.C12H20N2O/c1-12-4-5-13(11-22)9-14(12)6-7-15-10-21-18(19)17-16(15)3-2-8-20-17;1-13-10-11-4-6-12(7-5-11)15-9-8-14(2)3/h2-5,8-11H,1H3,(H2,19,21);4-7,13H,8-10H2,1-3H3. The van der Waals surface area contributed by atoms with Gasteiger partial charge in [0.2, 0.25) is 0 Å². The molecule has 0 aliphatic heterocycles. The lowest BCUT2D eigenvalue weighted by Crippen LogP contribution is -2.19. The van der Waals surface area contributed by atoms with Gasteiger partial charge in [-0.2, -0.15) is 0 Å². The van der Waals surface area contributed by atoms with Crippen molar-refractivity contribution < 1.29 is 9.53 Å². The van der Waals surface area contributed by atoms with E-state index in [1.165, 1.54) is 5.56 Å². The number of nitrogens with zero attached hydrogens (tertiary/aromatic N) is 3. The Morgan fingerprint density at radius 2 is 1.81 bits per heavy atom. The van der Waals surface area contributed by atoms with E-state index in [9.17, 15) is 4.79 Å². The summed E-state index contributed by atoms with van der Waals surface area (Å²) in [6, 6.07) is 17.4. The van der Waals surface area contributed by atoms with Crippen molar-refractivity contribution in [3.63, 3.8) is 0 Å². The molecule has 3 N–H and O–H groups in total. The van der Waals surface area contributed by atoms with E-state index >= 15 is 0 Å². The van der Waals surface area contributed by atoms with Crippen LogP contribution in [0.1, 0.15) is 32.6 Å². The first-order chi connectivity index (χ1) is 17.9. The van der Waals surface area contributed by atoms with Gasteiger partial charge in [0.1, 0.15) is 30.0 Å². The van der Waals surface area contributed by atoms with Crippen LogP contribution >= 0.6 is 0 Å². The summed E-state index contributed by atoms with van der Waals surface area (Å²) < 4.78 is 5.59. The number of nitrogens with one attached hydrogen (secondary N) is 1. The van der Waals surface area contributed by atoms with E-state index < -0.39 is 0 Å². The van der Waals surface area contributed by atoms with Crippen LogP contribution in [0.15, 0.2) is 67.0 Å². The molecule has 0 atom stereocenters. The number of carbonyl (C=O) groups is 1. The zero-order valence-electron chi connectivity index (χ0n) is 21.8. The molecule has 0 fully saturated rings. The maximum absolute atomic E-state index is 10.9. The molecular weight excluding hydrogens is 462 g/mol. The Bertz CT molecular complexity index is 1390. The molecule has 7 heteroatoms. The van der Waals surface area contributed by atoms with Gasteiger partial charge in [-0.15, -0.1) is 0 Å². The molecule has 0 bridgehead atoms. The average molecular weight is 496 g/mol. The van der Waals surface area contributed by atoms with Gasteiger partial charge in [0.25, 0.3) is 0 Å². The number of rotatable bonds is 7. The Labute approximate surface area is 218 Å². The summed E-state index contributed by atoms with van der Waals surface area (Å²) in [6.45, 7) is 4.54. The molecule has 2 heterocycles. The van der Waals surface area contributed by atoms with Crippen molar-refractivity contribution in [2.24, 2.45) is 0 Å². The van der Waals surface area contributed by atoms with Gasteiger partial charge in [-0.05, 0) is 69.5 Å². The highest BCUT2D eigenvalue weighted by atomic mass is 16.5. The highest BCUT2D eigenvalue weighted by Crippen LogP contribution is 2.19. The number of hydrogen-bond donors (Lipinski definition) is 2. The van der Waals surface area contributed by atoms with E-state index in [1.807, 2.05) is 58.4 Å². The number of anilines is 1. The van der Waals surface area contributed by atoms with Crippen molar-refractivity contribution >= 4 is 23.0 Å². The predicted octanol–water partition coefficient (Wildman–Crippen LogP) is 4.08. The molecule has 0 aliphatic carbocycles. The smallest absolute Gasteiger partial charge is 0.150 e. The molecule has 2 aromatic heterocycles. The molecule has 0 aliphatic rings. The van der Waals surface area contributed by atoms with Crippen molar-refractivity contribution in [2.45, 2.75) is 13.5 Å². The molecule has 7 nitrogen and oxygen atoms in total. The fourth-order valence-corrected chi connectivity index (χ4v) is 3.43. The number of pyridine rings is 2. The number of nitrogens with two attached hydrogens (primary N) is 1. The molecule has 0 unspecified atom stereocenters. The molecule has 0 spiro atoms. The third-order valence-electron chi connectivity index (χ3n) is 5.51. The molecule has 0 radical (unpaired) electrons. The minimum atomic E-state index is 0.389. The van der Waals surface area contributed by atoms with Crippen LogP contribution in [-0.2, 0) is 6.54 Å². The fraction of sp³-hybridized carbons (Fsp3) is 0.233. The van der Waals surface area contributed by atoms with Crippen molar-refractivity contribution in [3.8, 4) is 17.6 Å². The van der Waals surface area contributed by atoms with E-state index in [-0.39, 0.29) is 0 Å². The first-order valence-electron chi connectivity index (χ1n) is 12.0. The second kappa shape index (κ2) is 13.7. The maximum atomic E-state index is 10.9. The maximum Gasteiger partial charge on any atom is 0.150 e. The van der Waals surface area contributed by atoms with Gasteiger partial charge in [0.15, 0.2) is 0 Å². The van der Waals surface area contributed by atoms with Crippen molar-refractivity contribution in [1.82, 2.24) is 20.2 Å². The van der Waals surface area contributed by atoms with E-state index in [0.717, 1.165) is 53.8 Å². The van der Waals surface area contributed by atoms with E-state index in [0.29, 0.717) is 16.9 Å². The van der Waals surface area contributed by atoms with Gasteiger partial charge in [-0.1, -0.05) is 36.1 Å². The van der Waals surface area contributed by atoms with Crippen LogP contribution in [0.25, 0.3) is 10.9 Å². The lowest BCUT2D eigenvalue weighted by atomic mass is 10.0. The monoisotopic (exact) mass is 495 g/mol. The minimum Gasteiger partial charge on any atom is -0.492 e. The van der Waals surface area contributed by atoms with Crippen LogP contribution in [0.4, 0.5) is 5.82 Å². The first kappa shape index (κ1) is 27.3. The van der Waals surface area contributed by atoms with Crippen LogP contribution in [-0.4, -0.2) is 55.4 Å². The average Bonchev–Trinajstić information content (AvgIpc) is 2.91. The number of likely N-dealkylation sites (N-methyl/N-ethyl adjacent to an activating group) is 1. The van der Waals surface area contributed by atoms with Crippen LogP contribution in [0.5, 0.6) is 5.75 Å². The normalized spacial score (nSPS) is 10.3. The summed E-state index contributed by atoms with van der Waals surface area (Å²) in [4.78, 5) is 21.4. The second-order valence-electron chi connectivity index (χ2n) is 8.72. The summed E-state index contributed by atoms with van der Waals surface area (Å²) in [5.41, 5.74) is 11.0. The molecule has 2 aromatic carbocycles. The van der Waals surface area contributed by atoms with Gasteiger partial charge < -0.3 is 20.7 Å². The number of nitrogen functional groups attached to an aromatic ring is 1. The van der Waals surface area contributed by atoms with Crippen LogP contribution < -0.4 is 15.8 Å². The molecule has 0 saturated carbocycles. The number of aromatic nitrogens is 2. The van der Waals surface area contributed by atoms with Crippen LogP contribution in [0, 0.1) is 18.8 Å². The zero-order chi connectivity index (χ0) is 26.6. The number of carbonyl (C=O) groups excluding carboxylic acids is 1. The number of ether oxygens (including phenoxy) is 1. The molecular formula is C30H33N5O2. The van der Waals surface area contributed by atoms with Gasteiger partial charge in [-0.3, -0.25) is 9.78 Å². The SMILES string of the molecule is CNCc1ccc(OCCN(C)C)cc1.Cc1ccc(C=O)cc1C#Cc1cnc(N)c2ncccc12. The highest BCUT2D eigenvalue weighted by molar-refractivity contribution is 5.91. The predicted molar refractivity (Wildman–Crippen MR) is 150 cm³/mol. The number of aldehydes is 1. The van der Waals surface area contributed by atoms with Gasteiger partial charge >= 0.3 is 0 Å².